The molecule has 2 unspecified atom stereocenters. The summed E-state index contributed by atoms with van der Waals surface area (Å²) in [6, 6.07) is 9.22. The summed E-state index contributed by atoms with van der Waals surface area (Å²) in [5.74, 6) is 0.935. The molecule has 0 amide bonds. The van der Waals surface area contributed by atoms with Crippen molar-refractivity contribution in [2.45, 2.75) is 37.8 Å². The van der Waals surface area contributed by atoms with E-state index in [0.29, 0.717) is 6.04 Å². The van der Waals surface area contributed by atoms with Gasteiger partial charge in [0.05, 0.1) is 12.7 Å². The van der Waals surface area contributed by atoms with Gasteiger partial charge >= 0.3 is 0 Å². The highest BCUT2D eigenvalue weighted by Gasteiger charge is 2.32. The lowest BCUT2D eigenvalue weighted by Gasteiger charge is -2.32. The van der Waals surface area contributed by atoms with Crippen molar-refractivity contribution >= 4 is 0 Å². The molecule has 0 bridgehead atoms. The van der Waals surface area contributed by atoms with E-state index in [2.05, 4.69) is 36.6 Å². The molecule has 1 aromatic rings. The van der Waals surface area contributed by atoms with Gasteiger partial charge in [0, 0.05) is 6.04 Å². The molecule has 2 heteroatoms. The Hall–Kier alpha value is -0.860. The average molecular weight is 231 g/mol. The zero-order valence-electron chi connectivity index (χ0n) is 10.5. The quantitative estimate of drug-likeness (QED) is 0.860. The van der Waals surface area contributed by atoms with Crippen LogP contribution in [0.4, 0.5) is 0 Å². The van der Waals surface area contributed by atoms with Crippen molar-refractivity contribution in [1.82, 2.24) is 5.32 Å². The predicted molar refractivity (Wildman–Crippen MR) is 69.0 cm³/mol. The summed E-state index contributed by atoms with van der Waals surface area (Å²) in [5.41, 5.74) is 2.87. The lowest BCUT2D eigenvalue weighted by molar-refractivity contribution is 0.0138. The van der Waals surface area contributed by atoms with E-state index in [4.69, 9.17) is 4.74 Å². The molecule has 0 saturated heterocycles. The Morgan fingerprint density at radius 3 is 2.94 bits per heavy atom. The van der Waals surface area contributed by atoms with Gasteiger partial charge in [0.15, 0.2) is 0 Å². The van der Waals surface area contributed by atoms with Gasteiger partial charge in [0.1, 0.15) is 0 Å². The molecule has 2 nitrogen and oxygen atoms in total. The summed E-state index contributed by atoms with van der Waals surface area (Å²) in [7, 11) is 2.06. The third-order valence-corrected chi connectivity index (χ3v) is 4.05. The van der Waals surface area contributed by atoms with Gasteiger partial charge in [-0.15, -0.1) is 0 Å². The van der Waals surface area contributed by atoms with Crippen LogP contribution in [0.2, 0.25) is 0 Å². The maximum absolute atomic E-state index is 6.02. The van der Waals surface area contributed by atoms with E-state index in [9.17, 15) is 0 Å². The molecule has 1 aliphatic carbocycles. The molecule has 92 valence electrons. The van der Waals surface area contributed by atoms with Gasteiger partial charge in [-0.25, -0.2) is 0 Å². The molecule has 3 rings (SSSR count). The zero-order chi connectivity index (χ0) is 11.7. The van der Waals surface area contributed by atoms with Crippen LogP contribution in [0.15, 0.2) is 24.3 Å². The fraction of sp³-hybridized carbons (Fsp3) is 0.600. The number of nitrogens with one attached hydrogen (secondary N) is 1. The van der Waals surface area contributed by atoms with Gasteiger partial charge in [-0.2, -0.15) is 0 Å². The minimum Gasteiger partial charge on any atom is -0.372 e. The van der Waals surface area contributed by atoms with Crippen LogP contribution in [0.25, 0.3) is 0 Å². The molecule has 1 heterocycles. The lowest BCUT2D eigenvalue weighted by atomic mass is 9.91. The van der Waals surface area contributed by atoms with Crippen LogP contribution >= 0.6 is 0 Å². The molecule has 1 fully saturated rings. The highest BCUT2D eigenvalue weighted by Crippen LogP contribution is 2.38. The molecule has 1 N–H and O–H groups in total. The summed E-state index contributed by atoms with van der Waals surface area (Å²) in [4.78, 5) is 0. The van der Waals surface area contributed by atoms with E-state index in [0.717, 1.165) is 18.9 Å². The average Bonchev–Trinajstić information content (AvgIpc) is 3.19. The van der Waals surface area contributed by atoms with Crippen LogP contribution < -0.4 is 5.32 Å². The molecule has 17 heavy (non-hydrogen) atoms. The van der Waals surface area contributed by atoms with E-state index in [1.807, 2.05) is 0 Å². The number of likely N-dealkylation sites (N-methyl/N-ethyl adjacent to an activating group) is 1. The van der Waals surface area contributed by atoms with Crippen molar-refractivity contribution in [2.24, 2.45) is 5.92 Å². The van der Waals surface area contributed by atoms with Gasteiger partial charge < -0.3 is 10.1 Å². The number of hydrogen-bond donors (Lipinski definition) is 1. The molecule has 0 aromatic heterocycles. The SMILES string of the molecule is CNC(CC1CC1)C1OCCc2ccccc21. The normalized spacial score (nSPS) is 25.4. The molecule has 2 atom stereocenters. The Balaban J connectivity index is 1.82. The maximum Gasteiger partial charge on any atom is 0.0980 e. The third-order valence-electron chi connectivity index (χ3n) is 4.05. The first-order chi connectivity index (χ1) is 8.38. The first kappa shape index (κ1) is 11.2. The van der Waals surface area contributed by atoms with Crippen molar-refractivity contribution in [2.75, 3.05) is 13.7 Å². The summed E-state index contributed by atoms with van der Waals surface area (Å²) >= 11 is 0. The van der Waals surface area contributed by atoms with Gasteiger partial charge in [-0.1, -0.05) is 37.1 Å². The van der Waals surface area contributed by atoms with Crippen molar-refractivity contribution < 1.29 is 4.74 Å². The largest absolute Gasteiger partial charge is 0.372 e. The van der Waals surface area contributed by atoms with Crippen molar-refractivity contribution in [3.63, 3.8) is 0 Å². The fourth-order valence-corrected chi connectivity index (χ4v) is 2.86. The molecule has 2 aliphatic rings. The van der Waals surface area contributed by atoms with Crippen LogP contribution in [0.3, 0.4) is 0 Å². The zero-order valence-corrected chi connectivity index (χ0v) is 10.5. The molecule has 1 aromatic carbocycles. The van der Waals surface area contributed by atoms with Crippen LogP contribution in [-0.2, 0) is 11.2 Å². The minimum atomic E-state index is 0.255. The third kappa shape index (κ3) is 2.38. The summed E-state index contributed by atoms with van der Waals surface area (Å²) < 4.78 is 6.02. The lowest BCUT2D eigenvalue weighted by Crippen LogP contribution is -2.36. The van der Waals surface area contributed by atoms with E-state index < -0.39 is 0 Å². The fourth-order valence-electron chi connectivity index (χ4n) is 2.86. The molecular formula is C15H21NO. The number of benzene rings is 1. The maximum atomic E-state index is 6.02. The van der Waals surface area contributed by atoms with Crippen LogP contribution in [0.5, 0.6) is 0 Å². The first-order valence-electron chi connectivity index (χ1n) is 6.75. The van der Waals surface area contributed by atoms with Crippen molar-refractivity contribution in [3.8, 4) is 0 Å². The second-order valence-corrected chi connectivity index (χ2v) is 5.31. The Bertz CT molecular complexity index is 386. The van der Waals surface area contributed by atoms with E-state index in [1.165, 1.54) is 30.4 Å². The summed E-state index contributed by atoms with van der Waals surface area (Å²) in [6.07, 6.45) is 5.40. The highest BCUT2D eigenvalue weighted by molar-refractivity contribution is 5.32. The predicted octanol–water partition coefficient (Wildman–Crippen LogP) is 2.69. The number of ether oxygens (including phenoxy) is 1. The van der Waals surface area contributed by atoms with Gasteiger partial charge in [-0.05, 0) is 36.9 Å². The molecule has 1 saturated carbocycles. The minimum absolute atomic E-state index is 0.255. The Labute approximate surface area is 103 Å². The summed E-state index contributed by atoms with van der Waals surface area (Å²) in [5, 5.41) is 3.46. The Morgan fingerprint density at radius 1 is 1.35 bits per heavy atom. The molecule has 0 radical (unpaired) electrons. The topological polar surface area (TPSA) is 21.3 Å². The van der Waals surface area contributed by atoms with E-state index in [1.54, 1.807) is 0 Å². The van der Waals surface area contributed by atoms with Gasteiger partial charge in [0.2, 0.25) is 0 Å². The van der Waals surface area contributed by atoms with E-state index in [-0.39, 0.29) is 6.10 Å². The van der Waals surface area contributed by atoms with Crippen LogP contribution in [0.1, 0.15) is 36.5 Å². The second kappa shape index (κ2) is 4.79. The van der Waals surface area contributed by atoms with Gasteiger partial charge in [0.25, 0.3) is 0 Å². The number of rotatable bonds is 4. The highest BCUT2D eigenvalue weighted by atomic mass is 16.5. The summed E-state index contributed by atoms with van der Waals surface area (Å²) in [6.45, 7) is 0.866. The Kier molecular flexibility index (Phi) is 3.17. The van der Waals surface area contributed by atoms with Gasteiger partial charge in [-0.3, -0.25) is 0 Å². The standard InChI is InChI=1S/C15H21NO/c1-16-14(10-11-6-7-11)15-13-5-3-2-4-12(13)8-9-17-15/h2-5,11,14-16H,6-10H2,1H3. The molecular weight excluding hydrogens is 210 g/mol. The second-order valence-electron chi connectivity index (χ2n) is 5.31. The van der Waals surface area contributed by atoms with Crippen molar-refractivity contribution in [1.29, 1.82) is 0 Å². The van der Waals surface area contributed by atoms with Crippen LogP contribution in [0, 0.1) is 5.92 Å². The first-order valence-corrected chi connectivity index (χ1v) is 6.75. The van der Waals surface area contributed by atoms with Crippen LogP contribution in [-0.4, -0.2) is 19.7 Å². The number of fused-ring (bicyclic) bond motifs is 1. The van der Waals surface area contributed by atoms with E-state index >= 15 is 0 Å². The Morgan fingerprint density at radius 2 is 2.18 bits per heavy atom. The van der Waals surface area contributed by atoms with Crippen molar-refractivity contribution in [3.05, 3.63) is 35.4 Å². The molecule has 1 aliphatic heterocycles. The smallest absolute Gasteiger partial charge is 0.0980 e. The number of hydrogen-bond acceptors (Lipinski definition) is 2. The molecule has 0 spiro atoms. The monoisotopic (exact) mass is 231 g/mol.